The first-order valence-corrected chi connectivity index (χ1v) is 9.19. The lowest BCUT2D eigenvalue weighted by atomic mass is 10.2. The minimum atomic E-state index is 0.204. The first-order chi connectivity index (χ1) is 12.5. The summed E-state index contributed by atoms with van der Waals surface area (Å²) in [7, 11) is 0. The second-order valence-corrected chi connectivity index (χ2v) is 6.37. The van der Waals surface area contributed by atoms with Gasteiger partial charge >= 0.3 is 0 Å². The van der Waals surface area contributed by atoms with Crippen molar-refractivity contribution in [3.63, 3.8) is 0 Å². The van der Waals surface area contributed by atoms with Gasteiger partial charge in [0.1, 0.15) is 18.4 Å². The number of phenolic OH excluding ortho intramolecular Hbond substituents is 1. The molecule has 1 N–H and O–H groups in total. The van der Waals surface area contributed by atoms with Crippen molar-refractivity contribution in [2.75, 3.05) is 12.5 Å². The van der Waals surface area contributed by atoms with Crippen LogP contribution in [0.4, 0.5) is 0 Å². The van der Waals surface area contributed by atoms with E-state index in [1.165, 1.54) is 6.42 Å². The van der Waals surface area contributed by atoms with Gasteiger partial charge in [0.05, 0.1) is 22.0 Å². The summed E-state index contributed by atoms with van der Waals surface area (Å²) in [5, 5.41) is 20.1. The van der Waals surface area contributed by atoms with Crippen molar-refractivity contribution in [3.05, 3.63) is 53.2 Å². The summed E-state index contributed by atoms with van der Waals surface area (Å²) in [6, 6.07) is 12.5. The van der Waals surface area contributed by atoms with Crippen LogP contribution in [0.5, 0.6) is 11.5 Å². The molecule has 2 aromatic carbocycles. The van der Waals surface area contributed by atoms with Crippen LogP contribution in [0.1, 0.15) is 25.8 Å². The molecule has 0 atom stereocenters. The van der Waals surface area contributed by atoms with E-state index in [1.54, 1.807) is 24.3 Å². The van der Waals surface area contributed by atoms with Gasteiger partial charge in [0, 0.05) is 17.3 Å². The maximum atomic E-state index is 9.55. The van der Waals surface area contributed by atoms with E-state index in [2.05, 4.69) is 19.9 Å². The Morgan fingerprint density at radius 1 is 1.19 bits per heavy atom. The summed E-state index contributed by atoms with van der Waals surface area (Å²) >= 11 is 11.9. The van der Waals surface area contributed by atoms with E-state index in [0.29, 0.717) is 22.2 Å². The van der Waals surface area contributed by atoms with Crippen molar-refractivity contribution in [3.8, 4) is 23.3 Å². The van der Waals surface area contributed by atoms with Crippen molar-refractivity contribution in [1.29, 1.82) is 5.26 Å². The van der Waals surface area contributed by atoms with Gasteiger partial charge in [-0.2, -0.15) is 5.26 Å². The number of nitrogens with zero attached hydrogens (tertiary/aromatic N) is 2. The molecule has 3 rings (SSSR count). The lowest BCUT2D eigenvalue weighted by Gasteiger charge is -2.12. The predicted octanol–water partition coefficient (Wildman–Crippen LogP) is 5.90. The molecule has 26 heavy (non-hydrogen) atoms. The summed E-state index contributed by atoms with van der Waals surface area (Å²) in [6.45, 7) is 4.53. The standard InChI is InChI=1S/C17H12Cl2N2O2.C3H8/c18-4-6-23-17-12(10-20)7-13(9-15(17)19)21-5-3-11-8-14(22)1-2-16(11)21;1-3-2/h1-3,5,7-9,22H,4,6H2;3H2,1-2H3. The molecule has 0 unspecified atom stereocenters. The normalized spacial score (nSPS) is 10.1. The number of hydrogen-bond donors (Lipinski definition) is 1. The highest BCUT2D eigenvalue weighted by atomic mass is 35.5. The summed E-state index contributed by atoms with van der Waals surface area (Å²) in [4.78, 5) is 0. The fraction of sp³-hybridized carbons (Fsp3) is 0.250. The van der Waals surface area contributed by atoms with Gasteiger partial charge in [-0.25, -0.2) is 0 Å². The van der Waals surface area contributed by atoms with Crippen molar-refractivity contribution in [2.45, 2.75) is 20.3 Å². The molecule has 0 aliphatic heterocycles. The van der Waals surface area contributed by atoms with E-state index in [1.807, 2.05) is 22.9 Å². The number of fused-ring (bicyclic) bond motifs is 1. The molecular weight excluding hydrogens is 371 g/mol. The largest absolute Gasteiger partial charge is 0.508 e. The molecule has 1 aromatic heterocycles. The van der Waals surface area contributed by atoms with Crippen LogP contribution in [0.25, 0.3) is 16.6 Å². The van der Waals surface area contributed by atoms with Crippen LogP contribution in [0.15, 0.2) is 42.6 Å². The third kappa shape index (κ3) is 4.43. The van der Waals surface area contributed by atoms with E-state index < -0.39 is 0 Å². The molecule has 0 aliphatic rings. The molecule has 0 radical (unpaired) electrons. The molecule has 0 fully saturated rings. The smallest absolute Gasteiger partial charge is 0.155 e. The number of phenols is 1. The van der Waals surface area contributed by atoms with Crippen LogP contribution in [0.2, 0.25) is 5.02 Å². The quantitative estimate of drug-likeness (QED) is 0.564. The Hall–Kier alpha value is -2.35. The zero-order valence-corrected chi connectivity index (χ0v) is 16.2. The van der Waals surface area contributed by atoms with Crippen molar-refractivity contribution >= 4 is 34.1 Å². The van der Waals surface area contributed by atoms with Gasteiger partial charge in [-0.3, -0.25) is 0 Å². The van der Waals surface area contributed by atoms with Crippen LogP contribution in [0.3, 0.4) is 0 Å². The Balaban J connectivity index is 0.000000758. The molecule has 136 valence electrons. The fourth-order valence-electron chi connectivity index (χ4n) is 2.44. The Kier molecular flexibility index (Phi) is 7.20. The number of alkyl halides is 1. The summed E-state index contributed by atoms with van der Waals surface area (Å²) in [5.41, 5.74) is 1.99. The van der Waals surface area contributed by atoms with Crippen LogP contribution in [-0.2, 0) is 0 Å². The third-order valence-electron chi connectivity index (χ3n) is 3.42. The van der Waals surface area contributed by atoms with Gasteiger partial charge in [0.15, 0.2) is 5.75 Å². The van der Waals surface area contributed by atoms with E-state index in [9.17, 15) is 10.4 Å². The van der Waals surface area contributed by atoms with E-state index in [-0.39, 0.29) is 12.4 Å². The Morgan fingerprint density at radius 2 is 1.92 bits per heavy atom. The molecule has 1 heterocycles. The van der Waals surface area contributed by atoms with Crippen molar-refractivity contribution < 1.29 is 9.84 Å². The molecule has 3 aromatic rings. The second kappa shape index (κ2) is 9.38. The Morgan fingerprint density at radius 3 is 2.58 bits per heavy atom. The van der Waals surface area contributed by atoms with Crippen molar-refractivity contribution in [1.82, 2.24) is 4.57 Å². The topological polar surface area (TPSA) is 58.2 Å². The number of hydrogen-bond acceptors (Lipinski definition) is 3. The Labute approximate surface area is 163 Å². The number of halogens is 2. The molecule has 0 bridgehead atoms. The summed E-state index contributed by atoms with van der Waals surface area (Å²) in [5.74, 6) is 0.859. The molecule has 0 spiro atoms. The van der Waals surface area contributed by atoms with Crippen LogP contribution < -0.4 is 4.74 Å². The molecule has 4 nitrogen and oxygen atoms in total. The van der Waals surface area contributed by atoms with E-state index in [4.69, 9.17) is 27.9 Å². The first-order valence-electron chi connectivity index (χ1n) is 8.28. The van der Waals surface area contributed by atoms with E-state index >= 15 is 0 Å². The lowest BCUT2D eigenvalue weighted by molar-refractivity contribution is 0.342. The number of rotatable bonds is 4. The minimum absolute atomic E-state index is 0.204. The average molecular weight is 391 g/mol. The Bertz CT molecular complexity index is 929. The molecule has 0 saturated carbocycles. The second-order valence-electron chi connectivity index (χ2n) is 5.59. The van der Waals surface area contributed by atoms with Crippen LogP contribution in [0, 0.1) is 11.3 Å². The minimum Gasteiger partial charge on any atom is -0.508 e. The van der Waals surface area contributed by atoms with Crippen molar-refractivity contribution in [2.24, 2.45) is 0 Å². The number of aromatic hydroxyl groups is 1. The van der Waals surface area contributed by atoms with Crippen LogP contribution in [-0.4, -0.2) is 22.2 Å². The van der Waals surface area contributed by atoms with Gasteiger partial charge < -0.3 is 14.4 Å². The molecule has 0 saturated heterocycles. The summed E-state index contributed by atoms with van der Waals surface area (Å²) < 4.78 is 7.35. The number of nitriles is 1. The van der Waals surface area contributed by atoms with Gasteiger partial charge in [-0.15, -0.1) is 11.6 Å². The maximum absolute atomic E-state index is 9.55. The predicted molar refractivity (Wildman–Crippen MR) is 107 cm³/mol. The third-order valence-corrected chi connectivity index (χ3v) is 3.86. The van der Waals surface area contributed by atoms with Gasteiger partial charge in [0.2, 0.25) is 0 Å². The summed E-state index contributed by atoms with van der Waals surface area (Å²) in [6.07, 6.45) is 3.11. The fourth-order valence-corrected chi connectivity index (χ4v) is 2.79. The van der Waals surface area contributed by atoms with Gasteiger partial charge in [0.25, 0.3) is 0 Å². The number of aromatic nitrogens is 1. The lowest BCUT2D eigenvalue weighted by Crippen LogP contribution is -2.02. The highest BCUT2D eigenvalue weighted by molar-refractivity contribution is 6.32. The van der Waals surface area contributed by atoms with E-state index in [0.717, 1.165) is 16.6 Å². The maximum Gasteiger partial charge on any atom is 0.155 e. The van der Waals surface area contributed by atoms with Crippen LogP contribution >= 0.6 is 23.2 Å². The highest BCUT2D eigenvalue weighted by Crippen LogP contribution is 2.33. The monoisotopic (exact) mass is 390 g/mol. The molecule has 0 aliphatic carbocycles. The van der Waals surface area contributed by atoms with Gasteiger partial charge in [-0.05, 0) is 36.4 Å². The zero-order valence-electron chi connectivity index (χ0n) is 14.7. The zero-order chi connectivity index (χ0) is 19.1. The number of ether oxygens (including phenoxy) is 1. The SMILES string of the molecule is CCC.N#Cc1cc(-n2ccc3cc(O)ccc32)cc(Cl)c1OCCCl. The highest BCUT2D eigenvalue weighted by Gasteiger charge is 2.13. The first kappa shape index (κ1) is 20.0. The molecule has 0 amide bonds. The molecular formula is C20H20Cl2N2O2. The van der Waals surface area contributed by atoms with Gasteiger partial charge in [-0.1, -0.05) is 31.9 Å². The molecule has 6 heteroatoms. The average Bonchev–Trinajstić information content (AvgIpc) is 3.03. The number of benzene rings is 2.